The van der Waals surface area contributed by atoms with E-state index in [2.05, 4.69) is 15.5 Å². The van der Waals surface area contributed by atoms with Crippen LogP contribution in [0.25, 0.3) is 10.2 Å². The van der Waals surface area contributed by atoms with Crippen molar-refractivity contribution in [1.82, 2.24) is 4.98 Å². The molecule has 2 aromatic carbocycles. The molecule has 0 spiro atoms. The van der Waals surface area contributed by atoms with Crippen LogP contribution in [0.1, 0.15) is 12.5 Å². The molecule has 0 saturated heterocycles. The van der Waals surface area contributed by atoms with Gasteiger partial charge in [0, 0.05) is 0 Å². The number of ether oxygens (including phenoxy) is 1. The van der Waals surface area contributed by atoms with Crippen molar-refractivity contribution in [2.24, 2.45) is 5.10 Å². The molecule has 0 fully saturated rings. The highest BCUT2D eigenvalue weighted by atomic mass is 35.5. The fourth-order valence-corrected chi connectivity index (χ4v) is 3.05. The number of benzene rings is 2. The number of fused-ring (bicyclic) bond motifs is 1. The largest absolute Gasteiger partial charge is 0.503 e. The summed E-state index contributed by atoms with van der Waals surface area (Å²) < 4.78 is 6.43. The lowest BCUT2D eigenvalue weighted by Gasteiger charge is -2.08. The standard InChI is InChI=1S/C16H14ClN3O2S/c1-2-22-13-8-10(7-11(17)15(13)21)9-18-20-16-19-12-5-3-4-6-14(12)23-16/h3-9,21H,2H2,1H3,(H,19,20)/b18-9-. The summed E-state index contributed by atoms with van der Waals surface area (Å²) in [6.07, 6.45) is 1.60. The summed E-state index contributed by atoms with van der Waals surface area (Å²) in [4.78, 5) is 4.43. The number of rotatable bonds is 5. The molecule has 118 valence electrons. The molecule has 7 heteroatoms. The number of anilines is 1. The monoisotopic (exact) mass is 347 g/mol. The minimum absolute atomic E-state index is 0.0650. The Morgan fingerprint density at radius 1 is 1.39 bits per heavy atom. The fourth-order valence-electron chi connectivity index (χ4n) is 2.02. The van der Waals surface area contributed by atoms with Gasteiger partial charge in [-0.25, -0.2) is 4.98 Å². The number of phenols is 1. The van der Waals surface area contributed by atoms with E-state index in [1.807, 2.05) is 31.2 Å². The van der Waals surface area contributed by atoms with Crippen LogP contribution in [0, 0.1) is 0 Å². The van der Waals surface area contributed by atoms with E-state index in [9.17, 15) is 5.11 Å². The predicted octanol–water partition coefficient (Wildman–Crippen LogP) is 4.50. The number of halogens is 1. The lowest BCUT2D eigenvalue weighted by atomic mass is 10.2. The molecule has 23 heavy (non-hydrogen) atoms. The summed E-state index contributed by atoms with van der Waals surface area (Å²) in [5.74, 6) is 0.270. The van der Waals surface area contributed by atoms with Crippen LogP contribution in [0.4, 0.5) is 5.13 Å². The first-order chi connectivity index (χ1) is 11.2. The van der Waals surface area contributed by atoms with Gasteiger partial charge in [0.15, 0.2) is 11.5 Å². The first-order valence-electron chi connectivity index (χ1n) is 6.97. The smallest absolute Gasteiger partial charge is 0.204 e. The first-order valence-corrected chi connectivity index (χ1v) is 8.16. The Hall–Kier alpha value is -2.31. The normalized spacial score (nSPS) is 11.2. The van der Waals surface area contributed by atoms with Gasteiger partial charge in [-0.3, -0.25) is 5.43 Å². The highest BCUT2D eigenvalue weighted by Gasteiger charge is 2.08. The van der Waals surface area contributed by atoms with E-state index < -0.39 is 0 Å². The maximum Gasteiger partial charge on any atom is 0.204 e. The summed E-state index contributed by atoms with van der Waals surface area (Å²) in [6, 6.07) is 11.2. The Bertz CT molecular complexity index is 831. The minimum atomic E-state index is -0.0650. The SMILES string of the molecule is CCOc1cc(/C=N\Nc2nc3ccccc3s2)cc(Cl)c1O. The van der Waals surface area contributed by atoms with Gasteiger partial charge in [0.25, 0.3) is 0 Å². The van der Waals surface area contributed by atoms with Crippen molar-refractivity contribution in [2.45, 2.75) is 6.92 Å². The third-order valence-corrected chi connectivity index (χ3v) is 4.25. The lowest BCUT2D eigenvalue weighted by Crippen LogP contribution is -1.95. The molecular formula is C16H14ClN3O2S. The van der Waals surface area contributed by atoms with Crippen molar-refractivity contribution in [3.8, 4) is 11.5 Å². The van der Waals surface area contributed by atoms with E-state index in [0.717, 1.165) is 10.2 Å². The quantitative estimate of drug-likeness (QED) is 0.526. The van der Waals surface area contributed by atoms with E-state index in [1.54, 1.807) is 18.3 Å². The molecular weight excluding hydrogens is 334 g/mol. The van der Waals surface area contributed by atoms with Gasteiger partial charge in [0.1, 0.15) is 0 Å². The zero-order valence-electron chi connectivity index (χ0n) is 12.3. The number of nitrogens with zero attached hydrogens (tertiary/aromatic N) is 2. The lowest BCUT2D eigenvalue weighted by molar-refractivity contribution is 0.318. The van der Waals surface area contributed by atoms with Crippen molar-refractivity contribution in [3.05, 3.63) is 47.0 Å². The average Bonchev–Trinajstić information content (AvgIpc) is 2.95. The van der Waals surface area contributed by atoms with Crippen molar-refractivity contribution < 1.29 is 9.84 Å². The molecule has 3 aromatic rings. The molecule has 0 aliphatic rings. The van der Waals surface area contributed by atoms with E-state index >= 15 is 0 Å². The van der Waals surface area contributed by atoms with Gasteiger partial charge in [-0.2, -0.15) is 5.10 Å². The maximum atomic E-state index is 9.81. The highest BCUT2D eigenvalue weighted by molar-refractivity contribution is 7.22. The maximum absolute atomic E-state index is 9.81. The molecule has 0 aliphatic heterocycles. The Morgan fingerprint density at radius 2 is 2.22 bits per heavy atom. The molecule has 2 N–H and O–H groups in total. The molecule has 3 rings (SSSR count). The Balaban J connectivity index is 1.77. The fraction of sp³-hybridized carbons (Fsp3) is 0.125. The van der Waals surface area contributed by atoms with Gasteiger partial charge in [0.05, 0.1) is 28.1 Å². The summed E-state index contributed by atoms with van der Waals surface area (Å²) in [5, 5.41) is 14.9. The number of aromatic hydroxyl groups is 1. The van der Waals surface area contributed by atoms with Crippen molar-refractivity contribution in [2.75, 3.05) is 12.0 Å². The number of phenolic OH excluding ortho intramolecular Hbond substituents is 1. The number of hydrogen-bond donors (Lipinski definition) is 2. The van der Waals surface area contributed by atoms with Crippen molar-refractivity contribution >= 4 is 44.5 Å². The van der Waals surface area contributed by atoms with Crippen LogP contribution in [0.15, 0.2) is 41.5 Å². The Kier molecular flexibility index (Phi) is 4.64. The number of para-hydroxylation sites is 1. The summed E-state index contributed by atoms with van der Waals surface area (Å²) in [6.45, 7) is 2.28. The Labute approximate surface area is 142 Å². The zero-order chi connectivity index (χ0) is 16.2. The number of nitrogens with one attached hydrogen (secondary N) is 1. The van der Waals surface area contributed by atoms with Crippen LogP contribution < -0.4 is 10.2 Å². The summed E-state index contributed by atoms with van der Waals surface area (Å²) in [7, 11) is 0. The van der Waals surface area contributed by atoms with Crippen molar-refractivity contribution in [3.63, 3.8) is 0 Å². The second-order valence-electron chi connectivity index (χ2n) is 4.64. The van der Waals surface area contributed by atoms with Gasteiger partial charge in [0.2, 0.25) is 5.13 Å². The van der Waals surface area contributed by atoms with E-state index in [-0.39, 0.29) is 10.8 Å². The van der Waals surface area contributed by atoms with Crippen LogP contribution >= 0.6 is 22.9 Å². The van der Waals surface area contributed by atoms with Gasteiger partial charge >= 0.3 is 0 Å². The second kappa shape index (κ2) is 6.85. The van der Waals surface area contributed by atoms with Crippen LogP contribution in [0.5, 0.6) is 11.5 Å². The predicted molar refractivity (Wildman–Crippen MR) is 95.1 cm³/mol. The topological polar surface area (TPSA) is 66.7 Å². The van der Waals surface area contributed by atoms with Crippen molar-refractivity contribution in [1.29, 1.82) is 0 Å². The summed E-state index contributed by atoms with van der Waals surface area (Å²) >= 11 is 7.50. The van der Waals surface area contributed by atoms with Gasteiger partial charge < -0.3 is 9.84 Å². The molecule has 1 heterocycles. The first kappa shape index (κ1) is 15.6. The van der Waals surface area contributed by atoms with Gasteiger partial charge in [-0.1, -0.05) is 35.1 Å². The minimum Gasteiger partial charge on any atom is -0.503 e. The molecule has 5 nitrogen and oxygen atoms in total. The third-order valence-electron chi connectivity index (χ3n) is 3.02. The highest BCUT2D eigenvalue weighted by Crippen LogP contribution is 2.34. The van der Waals surface area contributed by atoms with Gasteiger partial charge in [-0.15, -0.1) is 0 Å². The van der Waals surface area contributed by atoms with Gasteiger partial charge in [-0.05, 0) is 36.8 Å². The average molecular weight is 348 g/mol. The number of hydrazone groups is 1. The zero-order valence-corrected chi connectivity index (χ0v) is 13.9. The van der Waals surface area contributed by atoms with E-state index in [4.69, 9.17) is 16.3 Å². The molecule has 0 atom stereocenters. The molecule has 0 unspecified atom stereocenters. The molecule has 0 aliphatic carbocycles. The number of thiazole rings is 1. The summed E-state index contributed by atoms with van der Waals surface area (Å²) in [5.41, 5.74) is 4.54. The molecule has 0 amide bonds. The van der Waals surface area contributed by atoms with Crippen LogP contribution in [0.2, 0.25) is 5.02 Å². The number of hydrogen-bond acceptors (Lipinski definition) is 6. The molecule has 0 saturated carbocycles. The molecule has 0 radical (unpaired) electrons. The second-order valence-corrected chi connectivity index (χ2v) is 6.08. The molecule has 0 bridgehead atoms. The van der Waals surface area contributed by atoms with E-state index in [1.165, 1.54) is 11.3 Å². The van der Waals surface area contributed by atoms with Crippen LogP contribution in [0.3, 0.4) is 0 Å². The third kappa shape index (κ3) is 3.55. The van der Waals surface area contributed by atoms with Crippen LogP contribution in [-0.4, -0.2) is 22.9 Å². The molecule has 1 aromatic heterocycles. The van der Waals surface area contributed by atoms with E-state index in [0.29, 0.717) is 23.1 Å². The Morgan fingerprint density at radius 3 is 3.00 bits per heavy atom. The van der Waals surface area contributed by atoms with Crippen LogP contribution in [-0.2, 0) is 0 Å². The number of aromatic nitrogens is 1.